The minimum atomic E-state index is -0.187. The summed E-state index contributed by atoms with van der Waals surface area (Å²) in [5.74, 6) is -0.187. The number of rotatable bonds is 2. The zero-order valence-corrected chi connectivity index (χ0v) is 11.5. The molecule has 19 heavy (non-hydrogen) atoms. The van der Waals surface area contributed by atoms with Crippen molar-refractivity contribution in [2.24, 2.45) is 0 Å². The van der Waals surface area contributed by atoms with Crippen LogP contribution in [0.15, 0.2) is 36.4 Å². The number of fused-ring (bicyclic) bond motifs is 1. The van der Waals surface area contributed by atoms with Gasteiger partial charge in [0, 0.05) is 18.3 Å². The zero-order chi connectivity index (χ0) is 13.4. The summed E-state index contributed by atoms with van der Waals surface area (Å²) in [5.41, 5.74) is 3.48. The van der Waals surface area contributed by atoms with E-state index in [-0.39, 0.29) is 5.82 Å². The number of thiazole rings is 1. The first-order valence-electron chi connectivity index (χ1n) is 6.02. The van der Waals surface area contributed by atoms with Crippen LogP contribution in [0.5, 0.6) is 0 Å². The van der Waals surface area contributed by atoms with Gasteiger partial charge in [-0.2, -0.15) is 0 Å². The van der Waals surface area contributed by atoms with Crippen LogP contribution in [0.3, 0.4) is 0 Å². The van der Waals surface area contributed by atoms with Crippen LogP contribution in [0.25, 0.3) is 20.8 Å². The van der Waals surface area contributed by atoms with Crippen LogP contribution in [0.4, 0.5) is 10.1 Å². The van der Waals surface area contributed by atoms with Crippen molar-refractivity contribution in [3.05, 3.63) is 47.8 Å². The Morgan fingerprint density at radius 1 is 1.16 bits per heavy atom. The van der Waals surface area contributed by atoms with Crippen molar-refractivity contribution >= 4 is 27.2 Å². The smallest absolute Gasteiger partial charge is 0.126 e. The van der Waals surface area contributed by atoms with E-state index in [4.69, 9.17) is 0 Å². The molecule has 3 aromatic rings. The minimum Gasteiger partial charge on any atom is -0.388 e. The molecule has 2 nitrogen and oxygen atoms in total. The summed E-state index contributed by atoms with van der Waals surface area (Å²) in [6.45, 7) is 1.76. The van der Waals surface area contributed by atoms with Gasteiger partial charge in [0.05, 0.1) is 10.2 Å². The van der Waals surface area contributed by atoms with Crippen LogP contribution in [0.1, 0.15) is 5.56 Å². The third kappa shape index (κ3) is 2.19. The van der Waals surface area contributed by atoms with Gasteiger partial charge in [-0.25, -0.2) is 9.37 Å². The first-order chi connectivity index (χ1) is 9.17. The standard InChI is InChI=1S/C15H13FN2S/c1-9-3-4-10(7-12(9)16)15-18-13-6-5-11(17-2)8-14(13)19-15/h3-8,17H,1-2H3. The fourth-order valence-corrected chi connectivity index (χ4v) is 2.93. The molecule has 0 aliphatic rings. The van der Waals surface area contributed by atoms with Crippen LogP contribution in [-0.2, 0) is 0 Å². The topological polar surface area (TPSA) is 24.9 Å². The maximum atomic E-state index is 13.6. The lowest BCUT2D eigenvalue weighted by Crippen LogP contribution is -1.85. The van der Waals surface area contributed by atoms with Crippen LogP contribution >= 0.6 is 11.3 Å². The van der Waals surface area contributed by atoms with Gasteiger partial charge in [0.1, 0.15) is 10.8 Å². The molecule has 0 unspecified atom stereocenters. The number of aryl methyl sites for hydroxylation is 1. The lowest BCUT2D eigenvalue weighted by molar-refractivity contribution is 0.619. The maximum Gasteiger partial charge on any atom is 0.126 e. The van der Waals surface area contributed by atoms with E-state index < -0.39 is 0 Å². The number of benzene rings is 2. The largest absolute Gasteiger partial charge is 0.388 e. The lowest BCUT2D eigenvalue weighted by Gasteiger charge is -1.98. The summed E-state index contributed by atoms with van der Waals surface area (Å²) in [6, 6.07) is 11.3. The van der Waals surface area contributed by atoms with Gasteiger partial charge >= 0.3 is 0 Å². The maximum absolute atomic E-state index is 13.6. The Kier molecular flexibility index (Phi) is 2.95. The van der Waals surface area contributed by atoms with Gasteiger partial charge in [-0.1, -0.05) is 12.1 Å². The summed E-state index contributed by atoms with van der Waals surface area (Å²) in [6.07, 6.45) is 0. The van der Waals surface area contributed by atoms with Crippen molar-refractivity contribution < 1.29 is 4.39 Å². The molecule has 0 saturated heterocycles. The molecule has 0 bridgehead atoms. The molecule has 0 spiro atoms. The highest BCUT2D eigenvalue weighted by Crippen LogP contribution is 2.32. The molecule has 0 saturated carbocycles. The molecule has 1 heterocycles. The molecular weight excluding hydrogens is 259 g/mol. The van der Waals surface area contributed by atoms with Crippen molar-refractivity contribution in [1.82, 2.24) is 4.98 Å². The fraction of sp³-hybridized carbons (Fsp3) is 0.133. The van der Waals surface area contributed by atoms with Gasteiger partial charge in [-0.3, -0.25) is 0 Å². The Morgan fingerprint density at radius 3 is 2.74 bits per heavy atom. The average Bonchev–Trinajstić information content (AvgIpc) is 2.84. The zero-order valence-electron chi connectivity index (χ0n) is 10.7. The number of halogens is 1. The van der Waals surface area contributed by atoms with Gasteiger partial charge in [0.15, 0.2) is 0 Å². The van der Waals surface area contributed by atoms with Gasteiger partial charge in [0.25, 0.3) is 0 Å². The lowest BCUT2D eigenvalue weighted by atomic mass is 10.1. The highest BCUT2D eigenvalue weighted by molar-refractivity contribution is 7.21. The second-order valence-electron chi connectivity index (χ2n) is 4.42. The number of nitrogens with zero attached hydrogens (tertiary/aromatic N) is 1. The molecule has 1 aromatic heterocycles. The summed E-state index contributed by atoms with van der Waals surface area (Å²) in [5, 5.41) is 3.95. The Bertz CT molecular complexity index is 749. The van der Waals surface area contributed by atoms with E-state index in [1.54, 1.807) is 30.4 Å². The van der Waals surface area contributed by atoms with Crippen molar-refractivity contribution in [3.63, 3.8) is 0 Å². The Balaban J connectivity index is 2.11. The molecule has 0 aliphatic carbocycles. The first-order valence-corrected chi connectivity index (χ1v) is 6.84. The van der Waals surface area contributed by atoms with Crippen molar-refractivity contribution in [3.8, 4) is 10.6 Å². The molecule has 2 aromatic carbocycles. The van der Waals surface area contributed by atoms with Gasteiger partial charge < -0.3 is 5.32 Å². The monoisotopic (exact) mass is 272 g/mol. The van der Waals surface area contributed by atoms with Gasteiger partial charge in [-0.05, 0) is 36.8 Å². The molecule has 0 fully saturated rings. The number of nitrogens with one attached hydrogen (secondary N) is 1. The molecule has 96 valence electrons. The fourth-order valence-electron chi connectivity index (χ4n) is 1.93. The SMILES string of the molecule is CNc1ccc2nc(-c3ccc(C)c(F)c3)sc2c1. The number of aromatic nitrogens is 1. The summed E-state index contributed by atoms with van der Waals surface area (Å²) in [7, 11) is 1.89. The molecule has 3 rings (SSSR count). The van der Waals surface area contributed by atoms with Crippen molar-refractivity contribution in [1.29, 1.82) is 0 Å². The molecule has 0 amide bonds. The first kappa shape index (κ1) is 12.1. The van der Waals surface area contributed by atoms with Gasteiger partial charge in [0.2, 0.25) is 0 Å². The van der Waals surface area contributed by atoms with Crippen molar-refractivity contribution in [2.75, 3.05) is 12.4 Å². The van der Waals surface area contributed by atoms with E-state index >= 15 is 0 Å². The Labute approximate surface area is 114 Å². The summed E-state index contributed by atoms with van der Waals surface area (Å²) in [4.78, 5) is 4.55. The summed E-state index contributed by atoms with van der Waals surface area (Å²) < 4.78 is 14.7. The van der Waals surface area contributed by atoms with Crippen LogP contribution in [-0.4, -0.2) is 12.0 Å². The van der Waals surface area contributed by atoms with E-state index in [9.17, 15) is 4.39 Å². The summed E-state index contributed by atoms with van der Waals surface area (Å²) >= 11 is 1.58. The third-order valence-electron chi connectivity index (χ3n) is 3.10. The molecule has 0 radical (unpaired) electrons. The molecule has 0 aliphatic heterocycles. The molecule has 1 N–H and O–H groups in total. The molecule has 4 heteroatoms. The number of anilines is 1. The van der Waals surface area contributed by atoms with E-state index in [0.717, 1.165) is 26.5 Å². The third-order valence-corrected chi connectivity index (χ3v) is 4.16. The van der Waals surface area contributed by atoms with Crippen LogP contribution < -0.4 is 5.32 Å². The predicted octanol–water partition coefficient (Wildman–Crippen LogP) is 4.45. The predicted molar refractivity (Wildman–Crippen MR) is 79.3 cm³/mol. The van der Waals surface area contributed by atoms with Crippen LogP contribution in [0, 0.1) is 12.7 Å². The highest BCUT2D eigenvalue weighted by Gasteiger charge is 2.08. The van der Waals surface area contributed by atoms with E-state index in [2.05, 4.69) is 16.4 Å². The molecule has 0 atom stereocenters. The second-order valence-corrected chi connectivity index (χ2v) is 5.45. The Hall–Kier alpha value is -1.94. The Morgan fingerprint density at radius 2 is 2.00 bits per heavy atom. The van der Waals surface area contributed by atoms with E-state index in [1.165, 1.54) is 0 Å². The highest BCUT2D eigenvalue weighted by atomic mass is 32.1. The van der Waals surface area contributed by atoms with E-state index in [1.807, 2.05) is 25.2 Å². The van der Waals surface area contributed by atoms with Crippen molar-refractivity contribution in [2.45, 2.75) is 6.92 Å². The molecular formula is C15H13FN2S. The number of hydrogen-bond donors (Lipinski definition) is 1. The minimum absolute atomic E-state index is 0.187. The quantitative estimate of drug-likeness (QED) is 0.745. The average molecular weight is 272 g/mol. The normalized spacial score (nSPS) is 10.9. The van der Waals surface area contributed by atoms with Crippen LogP contribution in [0.2, 0.25) is 0 Å². The number of hydrogen-bond acceptors (Lipinski definition) is 3. The van der Waals surface area contributed by atoms with E-state index in [0.29, 0.717) is 5.56 Å². The second kappa shape index (κ2) is 4.63. The van der Waals surface area contributed by atoms with Gasteiger partial charge in [-0.15, -0.1) is 11.3 Å².